The summed E-state index contributed by atoms with van der Waals surface area (Å²) in [5.74, 6) is 0.102. The molecule has 148 valence electrons. The maximum atomic E-state index is 12.6. The highest BCUT2D eigenvalue weighted by atomic mass is 31.2. The molecule has 29 heavy (non-hydrogen) atoms. The molecular weight excluding hydrogens is 383 g/mol. The Bertz CT molecular complexity index is 1230. The summed E-state index contributed by atoms with van der Waals surface area (Å²) in [5.41, 5.74) is 1.88. The van der Waals surface area contributed by atoms with Crippen LogP contribution in [0.3, 0.4) is 0 Å². The second kappa shape index (κ2) is 7.90. The van der Waals surface area contributed by atoms with E-state index < -0.39 is 7.60 Å². The topological polar surface area (TPSA) is 55.8 Å². The lowest BCUT2D eigenvalue weighted by molar-refractivity contribution is 0.277. The smallest absolute Gasteiger partial charge is 0.379 e. The molecular formula is C24H23O4P. The lowest BCUT2D eigenvalue weighted by atomic mass is 9.93. The first kappa shape index (κ1) is 19.5. The highest BCUT2D eigenvalue weighted by Gasteiger charge is 2.24. The van der Waals surface area contributed by atoms with Gasteiger partial charge in [-0.25, -0.2) is 4.57 Å². The zero-order chi connectivity index (χ0) is 20.4. The third kappa shape index (κ3) is 3.74. The van der Waals surface area contributed by atoms with Crippen LogP contribution in [0.2, 0.25) is 0 Å². The molecule has 4 aromatic carbocycles. The van der Waals surface area contributed by atoms with Gasteiger partial charge in [-0.1, -0.05) is 61.5 Å². The Morgan fingerprint density at radius 1 is 0.862 bits per heavy atom. The van der Waals surface area contributed by atoms with Crippen molar-refractivity contribution in [3.05, 3.63) is 72.8 Å². The summed E-state index contributed by atoms with van der Waals surface area (Å²) in [5, 5.41) is 15.2. The summed E-state index contributed by atoms with van der Waals surface area (Å²) >= 11 is 0. The number of phenolic OH excluding ortho intramolecular Hbond substituents is 1. The summed E-state index contributed by atoms with van der Waals surface area (Å²) in [6.45, 7) is 3.79. The van der Waals surface area contributed by atoms with Crippen molar-refractivity contribution in [1.29, 1.82) is 0 Å². The van der Waals surface area contributed by atoms with Crippen molar-refractivity contribution in [3.63, 3.8) is 0 Å². The first-order valence-corrected chi connectivity index (χ1v) is 11.4. The predicted octanol–water partition coefficient (Wildman–Crippen LogP) is 6.99. The Kier molecular flexibility index (Phi) is 5.31. The van der Waals surface area contributed by atoms with E-state index in [2.05, 4.69) is 30.3 Å². The number of aromatic hydroxyl groups is 1. The van der Waals surface area contributed by atoms with Crippen molar-refractivity contribution in [3.8, 4) is 22.6 Å². The lowest BCUT2D eigenvalue weighted by Crippen LogP contribution is -2.00. The molecule has 4 aromatic rings. The van der Waals surface area contributed by atoms with Gasteiger partial charge in [-0.2, -0.15) is 0 Å². The van der Waals surface area contributed by atoms with Crippen LogP contribution in [0.5, 0.6) is 11.5 Å². The normalized spacial score (nSPS) is 13.4. The van der Waals surface area contributed by atoms with E-state index in [1.807, 2.05) is 30.3 Å². The molecule has 0 bridgehead atoms. The molecule has 1 atom stereocenters. The molecule has 0 saturated carbocycles. The molecule has 0 saturated heterocycles. The number of phenols is 1. The number of fused-ring (bicyclic) bond motifs is 3. The monoisotopic (exact) mass is 406 g/mol. The van der Waals surface area contributed by atoms with Crippen LogP contribution in [0.1, 0.15) is 13.8 Å². The van der Waals surface area contributed by atoms with Gasteiger partial charge in [-0.3, -0.25) is 0 Å². The van der Waals surface area contributed by atoms with Crippen molar-refractivity contribution in [1.82, 2.24) is 0 Å². The third-order valence-electron chi connectivity index (χ3n) is 4.99. The molecule has 1 N–H and O–H groups in total. The van der Waals surface area contributed by atoms with Gasteiger partial charge in [0, 0.05) is 0 Å². The molecule has 0 radical (unpaired) electrons. The summed E-state index contributed by atoms with van der Waals surface area (Å²) in [6, 6.07) is 23.8. The molecule has 0 aromatic heterocycles. The van der Waals surface area contributed by atoms with E-state index in [0.717, 1.165) is 27.3 Å². The maximum absolute atomic E-state index is 12.6. The van der Waals surface area contributed by atoms with Gasteiger partial charge < -0.3 is 14.2 Å². The Labute approximate surface area is 170 Å². The average Bonchev–Trinajstić information content (AvgIpc) is 2.75. The van der Waals surface area contributed by atoms with Gasteiger partial charge >= 0.3 is 7.60 Å². The summed E-state index contributed by atoms with van der Waals surface area (Å²) < 4.78 is 23.5. The van der Waals surface area contributed by atoms with E-state index in [-0.39, 0.29) is 24.3 Å². The summed E-state index contributed by atoms with van der Waals surface area (Å²) in [6.07, 6.45) is 0.233. The summed E-state index contributed by atoms with van der Waals surface area (Å²) in [7, 11) is -3.27. The molecule has 0 aliphatic heterocycles. The molecule has 1 unspecified atom stereocenters. The fourth-order valence-corrected chi connectivity index (χ4v) is 4.80. The molecule has 0 spiro atoms. The molecule has 0 aliphatic carbocycles. The van der Waals surface area contributed by atoms with Crippen molar-refractivity contribution in [2.75, 3.05) is 12.8 Å². The van der Waals surface area contributed by atoms with E-state index in [4.69, 9.17) is 9.05 Å². The third-order valence-corrected chi connectivity index (χ3v) is 6.89. The average molecular weight is 406 g/mol. The minimum absolute atomic E-state index is 0.0619. The van der Waals surface area contributed by atoms with Crippen LogP contribution >= 0.6 is 7.60 Å². The zero-order valence-electron chi connectivity index (χ0n) is 16.5. The van der Waals surface area contributed by atoms with Crippen LogP contribution in [0, 0.1) is 0 Å². The Morgan fingerprint density at radius 3 is 2.24 bits per heavy atom. The fraction of sp³-hybridized carbons (Fsp3) is 0.167. The van der Waals surface area contributed by atoms with Crippen LogP contribution in [0.4, 0.5) is 0 Å². The Morgan fingerprint density at radius 2 is 1.55 bits per heavy atom. The molecule has 4 nitrogen and oxygen atoms in total. The second-order valence-electron chi connectivity index (χ2n) is 6.81. The van der Waals surface area contributed by atoms with E-state index >= 15 is 0 Å². The first-order valence-electron chi connectivity index (χ1n) is 9.71. The second-order valence-corrected chi connectivity index (χ2v) is 9.10. The van der Waals surface area contributed by atoms with Crippen molar-refractivity contribution < 1.29 is 18.7 Å². The van der Waals surface area contributed by atoms with Crippen molar-refractivity contribution >= 4 is 29.1 Å². The van der Waals surface area contributed by atoms with Gasteiger partial charge in [0.05, 0.1) is 12.8 Å². The van der Waals surface area contributed by atoms with E-state index in [1.165, 1.54) is 5.39 Å². The van der Waals surface area contributed by atoms with Crippen LogP contribution in [-0.2, 0) is 9.09 Å². The van der Waals surface area contributed by atoms with Gasteiger partial charge in [0.25, 0.3) is 0 Å². The van der Waals surface area contributed by atoms with Gasteiger partial charge in [0.15, 0.2) is 11.5 Å². The van der Waals surface area contributed by atoms with Crippen LogP contribution in [0.15, 0.2) is 72.8 Å². The largest absolute Gasteiger partial charge is 0.504 e. The van der Waals surface area contributed by atoms with Gasteiger partial charge in [-0.05, 0) is 57.8 Å². The minimum Gasteiger partial charge on any atom is -0.504 e. The number of hydrogen-bond acceptors (Lipinski definition) is 4. The van der Waals surface area contributed by atoms with Gasteiger partial charge in [0.2, 0.25) is 0 Å². The Balaban J connectivity index is 1.82. The van der Waals surface area contributed by atoms with Crippen LogP contribution < -0.4 is 4.52 Å². The number of rotatable bonds is 6. The van der Waals surface area contributed by atoms with E-state index in [0.29, 0.717) is 0 Å². The van der Waals surface area contributed by atoms with Crippen molar-refractivity contribution in [2.45, 2.75) is 13.8 Å². The molecule has 0 fully saturated rings. The minimum atomic E-state index is -3.27. The van der Waals surface area contributed by atoms with E-state index in [9.17, 15) is 9.67 Å². The maximum Gasteiger partial charge on any atom is 0.379 e. The summed E-state index contributed by atoms with van der Waals surface area (Å²) in [4.78, 5) is 0. The fourth-order valence-electron chi connectivity index (χ4n) is 3.58. The predicted molar refractivity (Wildman–Crippen MR) is 119 cm³/mol. The van der Waals surface area contributed by atoms with Crippen molar-refractivity contribution in [2.24, 2.45) is 0 Å². The molecule has 0 amide bonds. The zero-order valence-corrected chi connectivity index (χ0v) is 17.4. The molecule has 0 heterocycles. The first-order chi connectivity index (χ1) is 14.0. The molecule has 4 rings (SSSR count). The van der Waals surface area contributed by atoms with Crippen LogP contribution in [0.25, 0.3) is 32.7 Å². The van der Waals surface area contributed by atoms with Gasteiger partial charge in [-0.15, -0.1) is 0 Å². The lowest BCUT2D eigenvalue weighted by Gasteiger charge is -2.18. The number of hydrogen-bond donors (Lipinski definition) is 1. The number of benzene rings is 4. The highest BCUT2D eigenvalue weighted by molar-refractivity contribution is 7.54. The highest BCUT2D eigenvalue weighted by Crippen LogP contribution is 2.50. The Hall–Kier alpha value is -2.81. The molecule has 5 heteroatoms. The quantitative estimate of drug-likeness (QED) is 0.277. The molecule has 0 aliphatic rings. The van der Waals surface area contributed by atoms with Gasteiger partial charge in [0.1, 0.15) is 0 Å². The standard InChI is InChI=1S/C24H23O4P/c1-3-27-29(26,4-2)28-24-14-13-18(16-23(24)25)22-15-17-9-5-6-10-19(17)20-11-7-8-12-21(20)22/h5-16,25H,3-4H2,1-2H3. The van der Waals surface area contributed by atoms with Crippen LogP contribution in [-0.4, -0.2) is 17.9 Å². The SMILES string of the molecule is CCOP(=O)(CC)Oc1ccc(-c2cc3ccccc3c3ccccc23)cc1O. The van der Waals surface area contributed by atoms with E-state index in [1.54, 1.807) is 26.0 Å².